The lowest BCUT2D eigenvalue weighted by Gasteiger charge is -2.06. The molecule has 1 N–H and O–H groups in total. The van der Waals surface area contributed by atoms with E-state index in [1.165, 1.54) is 0 Å². The fourth-order valence-electron chi connectivity index (χ4n) is 1.57. The topological polar surface area (TPSA) is 42.4 Å². The summed E-state index contributed by atoms with van der Waals surface area (Å²) >= 11 is 5.86. The van der Waals surface area contributed by atoms with E-state index in [-0.39, 0.29) is 6.61 Å². The molecule has 4 heteroatoms. The minimum Gasteiger partial charge on any atom is -0.487 e. The summed E-state index contributed by atoms with van der Waals surface area (Å²) in [5, 5.41) is 9.47. The van der Waals surface area contributed by atoms with Crippen LogP contribution in [0.25, 0.3) is 0 Å². The second-order valence-electron chi connectivity index (χ2n) is 3.87. The fraction of sp³-hybridized carbons (Fsp3) is 0.214. The normalized spacial score (nSPS) is 10.3. The number of aliphatic hydroxyl groups is 1. The number of halogens is 1. The lowest BCUT2D eigenvalue weighted by Crippen LogP contribution is -1.98. The van der Waals surface area contributed by atoms with Crippen molar-refractivity contribution in [3.05, 3.63) is 58.9 Å². The maximum Gasteiger partial charge on any atom is 0.130 e. The van der Waals surface area contributed by atoms with Gasteiger partial charge in [-0.15, -0.1) is 0 Å². The van der Waals surface area contributed by atoms with Gasteiger partial charge in [-0.2, -0.15) is 0 Å². The van der Waals surface area contributed by atoms with E-state index in [1.807, 2.05) is 24.3 Å². The first-order valence-electron chi connectivity index (χ1n) is 5.71. The number of aliphatic hydroxyl groups excluding tert-OH is 1. The van der Waals surface area contributed by atoms with Crippen molar-refractivity contribution in [2.24, 2.45) is 0 Å². The van der Waals surface area contributed by atoms with Gasteiger partial charge >= 0.3 is 0 Å². The number of hydrogen-bond donors (Lipinski definition) is 1. The molecule has 0 saturated heterocycles. The summed E-state index contributed by atoms with van der Waals surface area (Å²) in [5.41, 5.74) is 1.88. The highest BCUT2D eigenvalue weighted by Crippen LogP contribution is 2.15. The standard InChI is InChI=1S/C14H14ClNO2/c15-12-5-7-16-13(9-12)10-18-14-3-1-11(2-4-14)6-8-17/h1-5,7,9,17H,6,8,10H2. The molecule has 0 aliphatic heterocycles. The van der Waals surface area contributed by atoms with Gasteiger partial charge in [-0.1, -0.05) is 23.7 Å². The molecule has 0 aliphatic rings. The van der Waals surface area contributed by atoms with Crippen molar-refractivity contribution in [2.75, 3.05) is 6.61 Å². The van der Waals surface area contributed by atoms with E-state index in [0.29, 0.717) is 18.1 Å². The highest BCUT2D eigenvalue weighted by atomic mass is 35.5. The highest BCUT2D eigenvalue weighted by Gasteiger charge is 1.99. The molecule has 0 amide bonds. The Balaban J connectivity index is 1.93. The Bertz CT molecular complexity index is 499. The van der Waals surface area contributed by atoms with Gasteiger partial charge in [-0.05, 0) is 36.2 Å². The van der Waals surface area contributed by atoms with E-state index in [9.17, 15) is 0 Å². The van der Waals surface area contributed by atoms with Gasteiger partial charge in [0.25, 0.3) is 0 Å². The molecule has 2 aromatic rings. The summed E-state index contributed by atoms with van der Waals surface area (Å²) < 4.78 is 5.60. The molecule has 94 valence electrons. The quantitative estimate of drug-likeness (QED) is 0.902. The first-order valence-corrected chi connectivity index (χ1v) is 6.09. The van der Waals surface area contributed by atoms with Crippen molar-refractivity contribution in [1.29, 1.82) is 0 Å². The van der Waals surface area contributed by atoms with Gasteiger partial charge in [0.1, 0.15) is 12.4 Å². The summed E-state index contributed by atoms with van der Waals surface area (Å²) in [6.45, 7) is 0.548. The maximum absolute atomic E-state index is 8.82. The van der Waals surface area contributed by atoms with Gasteiger partial charge in [-0.25, -0.2) is 0 Å². The number of hydrogen-bond acceptors (Lipinski definition) is 3. The van der Waals surface area contributed by atoms with E-state index in [0.717, 1.165) is 17.0 Å². The van der Waals surface area contributed by atoms with E-state index in [1.54, 1.807) is 18.3 Å². The number of aromatic nitrogens is 1. The van der Waals surface area contributed by atoms with Crippen LogP contribution in [-0.2, 0) is 13.0 Å². The first-order chi connectivity index (χ1) is 8.78. The molecule has 0 saturated carbocycles. The molecule has 0 atom stereocenters. The van der Waals surface area contributed by atoms with Crippen LogP contribution in [0.4, 0.5) is 0 Å². The Morgan fingerprint density at radius 1 is 1.17 bits per heavy atom. The minimum atomic E-state index is 0.159. The van der Waals surface area contributed by atoms with Crippen molar-refractivity contribution < 1.29 is 9.84 Å². The number of pyridine rings is 1. The van der Waals surface area contributed by atoms with Crippen LogP contribution in [0.15, 0.2) is 42.6 Å². The van der Waals surface area contributed by atoms with E-state index in [4.69, 9.17) is 21.4 Å². The minimum absolute atomic E-state index is 0.159. The van der Waals surface area contributed by atoms with Crippen molar-refractivity contribution in [2.45, 2.75) is 13.0 Å². The Labute approximate surface area is 111 Å². The van der Waals surface area contributed by atoms with Crippen molar-refractivity contribution >= 4 is 11.6 Å². The Morgan fingerprint density at radius 2 is 1.94 bits per heavy atom. The summed E-state index contributed by atoms with van der Waals surface area (Å²) in [7, 11) is 0. The van der Waals surface area contributed by atoms with Gasteiger partial charge in [0.2, 0.25) is 0 Å². The predicted octanol–water partition coefficient (Wildman–Crippen LogP) is 2.85. The average Bonchev–Trinajstić information content (AvgIpc) is 2.38. The third kappa shape index (κ3) is 3.72. The van der Waals surface area contributed by atoms with E-state index < -0.39 is 0 Å². The molecule has 0 bridgehead atoms. The third-order valence-corrected chi connectivity index (χ3v) is 2.72. The first kappa shape index (κ1) is 12.9. The zero-order chi connectivity index (χ0) is 12.8. The highest BCUT2D eigenvalue weighted by molar-refractivity contribution is 6.30. The lowest BCUT2D eigenvalue weighted by atomic mass is 10.1. The van der Waals surface area contributed by atoms with Crippen LogP contribution in [-0.4, -0.2) is 16.7 Å². The summed E-state index contributed by atoms with van der Waals surface area (Å²) in [6, 6.07) is 11.2. The zero-order valence-corrected chi connectivity index (χ0v) is 10.6. The van der Waals surface area contributed by atoms with Gasteiger partial charge in [0.15, 0.2) is 0 Å². The monoisotopic (exact) mass is 263 g/mol. The van der Waals surface area contributed by atoms with Crippen LogP contribution in [0.1, 0.15) is 11.3 Å². The van der Waals surface area contributed by atoms with Crippen LogP contribution in [0.2, 0.25) is 5.02 Å². The van der Waals surface area contributed by atoms with E-state index in [2.05, 4.69) is 4.98 Å². The van der Waals surface area contributed by atoms with Crippen molar-refractivity contribution in [1.82, 2.24) is 4.98 Å². The van der Waals surface area contributed by atoms with Crippen LogP contribution in [0.5, 0.6) is 5.75 Å². The molecule has 0 spiro atoms. The smallest absolute Gasteiger partial charge is 0.130 e. The van der Waals surface area contributed by atoms with Gasteiger partial charge in [-0.3, -0.25) is 4.98 Å². The molecule has 1 aromatic heterocycles. The largest absolute Gasteiger partial charge is 0.487 e. The number of rotatable bonds is 5. The Morgan fingerprint density at radius 3 is 2.61 bits per heavy atom. The van der Waals surface area contributed by atoms with E-state index >= 15 is 0 Å². The molecule has 1 heterocycles. The SMILES string of the molecule is OCCc1ccc(OCc2cc(Cl)ccn2)cc1. The predicted molar refractivity (Wildman–Crippen MR) is 70.8 cm³/mol. The molecule has 0 unspecified atom stereocenters. The fourth-order valence-corrected chi connectivity index (χ4v) is 1.75. The number of ether oxygens (including phenoxy) is 1. The molecule has 0 fully saturated rings. The molecule has 0 radical (unpaired) electrons. The Hall–Kier alpha value is -1.58. The molecule has 2 rings (SSSR count). The summed E-state index contributed by atoms with van der Waals surface area (Å²) in [6.07, 6.45) is 2.32. The van der Waals surface area contributed by atoms with Gasteiger partial charge < -0.3 is 9.84 Å². The summed E-state index contributed by atoms with van der Waals surface area (Å²) in [4.78, 5) is 4.16. The molecular formula is C14H14ClNO2. The Kier molecular flexibility index (Phi) is 4.56. The molecule has 1 aromatic carbocycles. The van der Waals surface area contributed by atoms with Gasteiger partial charge in [0.05, 0.1) is 5.69 Å². The van der Waals surface area contributed by atoms with Crippen LogP contribution < -0.4 is 4.74 Å². The molecule has 0 aliphatic carbocycles. The molecular weight excluding hydrogens is 250 g/mol. The van der Waals surface area contributed by atoms with Crippen LogP contribution in [0.3, 0.4) is 0 Å². The van der Waals surface area contributed by atoms with Gasteiger partial charge in [0, 0.05) is 17.8 Å². The number of benzene rings is 1. The summed E-state index contributed by atoms with van der Waals surface area (Å²) in [5.74, 6) is 0.776. The van der Waals surface area contributed by atoms with Crippen molar-refractivity contribution in [3.63, 3.8) is 0 Å². The van der Waals surface area contributed by atoms with Crippen molar-refractivity contribution in [3.8, 4) is 5.75 Å². The zero-order valence-electron chi connectivity index (χ0n) is 9.84. The van der Waals surface area contributed by atoms with Crippen LogP contribution >= 0.6 is 11.6 Å². The second-order valence-corrected chi connectivity index (χ2v) is 4.31. The lowest BCUT2D eigenvalue weighted by molar-refractivity contribution is 0.297. The average molecular weight is 264 g/mol. The molecule has 18 heavy (non-hydrogen) atoms. The molecule has 3 nitrogen and oxygen atoms in total. The van der Waals surface area contributed by atoms with Crippen LogP contribution in [0, 0.1) is 0 Å². The maximum atomic E-state index is 8.82. The third-order valence-electron chi connectivity index (χ3n) is 2.49. The number of nitrogens with zero attached hydrogens (tertiary/aromatic N) is 1. The second kappa shape index (κ2) is 6.38.